The lowest BCUT2D eigenvalue weighted by molar-refractivity contribution is -0.147. The van der Waals surface area contributed by atoms with E-state index in [9.17, 15) is 9.59 Å². The van der Waals surface area contributed by atoms with Gasteiger partial charge in [0.25, 0.3) is 0 Å². The predicted molar refractivity (Wildman–Crippen MR) is 81.6 cm³/mol. The molecule has 0 aliphatic rings. The Morgan fingerprint density at radius 2 is 1.77 bits per heavy atom. The summed E-state index contributed by atoms with van der Waals surface area (Å²) in [5.41, 5.74) is 0.218. The summed E-state index contributed by atoms with van der Waals surface area (Å²) < 4.78 is 15.3. The van der Waals surface area contributed by atoms with Crippen LogP contribution in [0.3, 0.4) is 0 Å². The molecule has 1 unspecified atom stereocenters. The molecule has 1 atom stereocenters. The fourth-order valence-electron chi connectivity index (χ4n) is 1.54. The third-order valence-electron chi connectivity index (χ3n) is 2.63. The largest absolute Gasteiger partial charge is 0.497 e. The topological polar surface area (TPSA) is 73.9 Å². The molecule has 0 heterocycles. The quantitative estimate of drug-likeness (QED) is 0.846. The summed E-state index contributed by atoms with van der Waals surface area (Å²) in [5, 5.41) is 2.44. The minimum Gasteiger partial charge on any atom is -0.497 e. The lowest BCUT2D eigenvalue weighted by atomic mass is 10.2. The van der Waals surface area contributed by atoms with E-state index >= 15 is 0 Å². The van der Waals surface area contributed by atoms with Gasteiger partial charge in [-0.3, -0.25) is 0 Å². The number of nitrogens with one attached hydrogen (secondary N) is 1. The number of benzene rings is 1. The first kappa shape index (κ1) is 17.8. The molecule has 6 heteroatoms. The van der Waals surface area contributed by atoms with E-state index in [0.29, 0.717) is 0 Å². The molecule has 1 aromatic rings. The monoisotopic (exact) mass is 309 g/mol. The van der Waals surface area contributed by atoms with Gasteiger partial charge in [-0.15, -0.1) is 0 Å². The van der Waals surface area contributed by atoms with Crippen molar-refractivity contribution in [1.29, 1.82) is 0 Å². The molecule has 0 fully saturated rings. The van der Waals surface area contributed by atoms with Gasteiger partial charge in [-0.2, -0.15) is 0 Å². The number of carbonyl (C=O) groups is 2. The Balaban J connectivity index is 2.42. The van der Waals surface area contributed by atoms with Crippen LogP contribution in [-0.2, 0) is 20.9 Å². The number of hydrogen-bond acceptors (Lipinski definition) is 5. The summed E-state index contributed by atoms with van der Waals surface area (Å²) in [5.74, 6) is 0.205. The van der Waals surface area contributed by atoms with Gasteiger partial charge in [0.15, 0.2) is 0 Å². The van der Waals surface area contributed by atoms with E-state index in [2.05, 4.69) is 5.32 Å². The van der Waals surface area contributed by atoms with Crippen molar-refractivity contribution in [2.45, 2.75) is 45.9 Å². The van der Waals surface area contributed by atoms with E-state index in [4.69, 9.17) is 14.2 Å². The van der Waals surface area contributed by atoms with Crippen LogP contribution in [0.1, 0.15) is 33.3 Å². The highest BCUT2D eigenvalue weighted by Crippen LogP contribution is 2.12. The molecule has 22 heavy (non-hydrogen) atoms. The molecule has 1 rings (SSSR count). The van der Waals surface area contributed by atoms with Gasteiger partial charge in [0.2, 0.25) is 0 Å². The van der Waals surface area contributed by atoms with Gasteiger partial charge >= 0.3 is 12.1 Å². The minimum absolute atomic E-state index is 0.128. The second kappa shape index (κ2) is 7.68. The second-order valence-corrected chi connectivity index (χ2v) is 5.82. The summed E-state index contributed by atoms with van der Waals surface area (Å²) in [6.07, 6.45) is -0.651. The zero-order chi connectivity index (χ0) is 16.8. The molecule has 0 saturated heterocycles. The number of amides is 1. The smallest absolute Gasteiger partial charge is 0.408 e. The fraction of sp³-hybridized carbons (Fsp3) is 0.500. The minimum atomic E-state index is -0.784. The average Bonchev–Trinajstić information content (AvgIpc) is 2.43. The van der Waals surface area contributed by atoms with Gasteiger partial charge in [-0.05, 0) is 45.4 Å². The molecular formula is C16H23NO5. The molecule has 1 N–H and O–H groups in total. The van der Waals surface area contributed by atoms with Crippen molar-refractivity contribution in [3.8, 4) is 5.75 Å². The van der Waals surface area contributed by atoms with E-state index in [1.807, 2.05) is 0 Å². The number of hydrogen-bond donors (Lipinski definition) is 1. The third-order valence-corrected chi connectivity index (χ3v) is 2.63. The molecule has 6 nitrogen and oxygen atoms in total. The molecule has 1 aromatic carbocycles. The first-order valence-corrected chi connectivity index (χ1v) is 7.00. The van der Waals surface area contributed by atoms with Gasteiger partial charge in [0, 0.05) is 0 Å². The third kappa shape index (κ3) is 6.47. The zero-order valence-corrected chi connectivity index (χ0v) is 13.6. The van der Waals surface area contributed by atoms with Crippen LogP contribution < -0.4 is 10.1 Å². The molecule has 122 valence electrons. The molecular weight excluding hydrogens is 286 g/mol. The van der Waals surface area contributed by atoms with Gasteiger partial charge in [-0.25, -0.2) is 9.59 Å². The van der Waals surface area contributed by atoms with Gasteiger partial charge < -0.3 is 19.5 Å². The zero-order valence-electron chi connectivity index (χ0n) is 13.6. The van der Waals surface area contributed by atoms with Crippen LogP contribution >= 0.6 is 0 Å². The van der Waals surface area contributed by atoms with E-state index in [1.165, 1.54) is 0 Å². The summed E-state index contributed by atoms with van der Waals surface area (Å²) >= 11 is 0. The van der Waals surface area contributed by atoms with Crippen molar-refractivity contribution in [3.05, 3.63) is 29.8 Å². The molecule has 1 amide bonds. The summed E-state index contributed by atoms with van der Waals surface area (Å²) in [4.78, 5) is 23.4. The second-order valence-electron chi connectivity index (χ2n) is 5.82. The van der Waals surface area contributed by atoms with E-state index in [1.54, 1.807) is 59.1 Å². The van der Waals surface area contributed by atoms with Crippen LogP contribution in [0.2, 0.25) is 0 Å². The standard InChI is InChI=1S/C16H23NO5/c1-11(17-15(19)22-16(2,3)4)14(18)21-10-12-6-8-13(20-5)9-7-12/h6-9,11H,10H2,1-5H3,(H,17,19). The number of rotatable bonds is 5. The van der Waals surface area contributed by atoms with Crippen LogP contribution in [0.5, 0.6) is 5.75 Å². The molecule has 0 aliphatic carbocycles. The Bertz CT molecular complexity index is 504. The molecule has 0 aliphatic heterocycles. The van der Waals surface area contributed by atoms with Gasteiger partial charge in [0.1, 0.15) is 24.0 Å². The number of alkyl carbamates (subject to hydrolysis) is 1. The highest BCUT2D eigenvalue weighted by Gasteiger charge is 2.21. The van der Waals surface area contributed by atoms with Crippen molar-refractivity contribution in [2.75, 3.05) is 7.11 Å². The van der Waals surface area contributed by atoms with E-state index in [0.717, 1.165) is 11.3 Å². The average molecular weight is 309 g/mol. The van der Waals surface area contributed by atoms with E-state index in [-0.39, 0.29) is 6.61 Å². The Morgan fingerprint density at radius 1 is 1.18 bits per heavy atom. The summed E-state index contributed by atoms with van der Waals surface area (Å²) in [7, 11) is 1.58. The van der Waals surface area contributed by atoms with Crippen molar-refractivity contribution in [3.63, 3.8) is 0 Å². The normalized spacial score (nSPS) is 12.2. The van der Waals surface area contributed by atoms with Crippen LogP contribution in [0.25, 0.3) is 0 Å². The number of carbonyl (C=O) groups excluding carboxylic acids is 2. The number of methoxy groups -OCH3 is 1. The maximum absolute atomic E-state index is 11.8. The Hall–Kier alpha value is -2.24. The molecule has 0 bridgehead atoms. The summed E-state index contributed by atoms with van der Waals surface area (Å²) in [6, 6.07) is 6.39. The van der Waals surface area contributed by atoms with Crippen molar-refractivity contribution >= 4 is 12.1 Å². The first-order chi connectivity index (χ1) is 10.2. The Labute approximate surface area is 130 Å². The Kier molecular flexibility index (Phi) is 6.22. The van der Waals surface area contributed by atoms with Gasteiger partial charge in [-0.1, -0.05) is 12.1 Å². The maximum Gasteiger partial charge on any atom is 0.408 e. The number of ether oxygens (including phenoxy) is 3. The molecule has 0 radical (unpaired) electrons. The summed E-state index contributed by atoms with van der Waals surface area (Å²) in [6.45, 7) is 6.92. The van der Waals surface area contributed by atoms with Crippen LogP contribution in [0.15, 0.2) is 24.3 Å². The lowest BCUT2D eigenvalue weighted by Crippen LogP contribution is -2.42. The lowest BCUT2D eigenvalue weighted by Gasteiger charge is -2.21. The van der Waals surface area contributed by atoms with Crippen LogP contribution in [-0.4, -0.2) is 30.8 Å². The van der Waals surface area contributed by atoms with E-state index < -0.39 is 23.7 Å². The van der Waals surface area contributed by atoms with Crippen LogP contribution in [0.4, 0.5) is 4.79 Å². The number of esters is 1. The van der Waals surface area contributed by atoms with Crippen molar-refractivity contribution in [2.24, 2.45) is 0 Å². The highest BCUT2D eigenvalue weighted by molar-refractivity contribution is 5.81. The van der Waals surface area contributed by atoms with Gasteiger partial charge in [0.05, 0.1) is 7.11 Å². The molecule has 0 aromatic heterocycles. The SMILES string of the molecule is COc1ccc(COC(=O)C(C)NC(=O)OC(C)(C)C)cc1. The van der Waals surface area contributed by atoms with Crippen LogP contribution in [0, 0.1) is 0 Å². The van der Waals surface area contributed by atoms with Crippen molar-refractivity contribution in [1.82, 2.24) is 5.32 Å². The maximum atomic E-state index is 11.8. The predicted octanol–water partition coefficient (Wildman–Crippen LogP) is 2.65. The molecule has 0 spiro atoms. The van der Waals surface area contributed by atoms with Crippen molar-refractivity contribution < 1.29 is 23.8 Å². The highest BCUT2D eigenvalue weighted by atomic mass is 16.6. The first-order valence-electron chi connectivity index (χ1n) is 7.00. The molecule has 0 saturated carbocycles. The fourth-order valence-corrected chi connectivity index (χ4v) is 1.54. The Morgan fingerprint density at radius 3 is 2.27 bits per heavy atom.